The zero-order valence-electron chi connectivity index (χ0n) is 11.1. The second kappa shape index (κ2) is 6.60. The third-order valence-electron chi connectivity index (χ3n) is 3.00. The largest absolute Gasteiger partial charge is 0.383 e. The lowest BCUT2D eigenvalue weighted by Gasteiger charge is -2.15. The predicted octanol–water partition coefficient (Wildman–Crippen LogP) is 2.84. The predicted molar refractivity (Wildman–Crippen MR) is 75.7 cm³/mol. The van der Waals surface area contributed by atoms with Gasteiger partial charge in [-0.25, -0.2) is 0 Å². The monoisotopic (exact) mass is 254 g/mol. The van der Waals surface area contributed by atoms with Crippen LogP contribution >= 0.6 is 0 Å². The molecule has 0 spiro atoms. The highest BCUT2D eigenvalue weighted by molar-refractivity contribution is 5.45. The molecule has 0 saturated heterocycles. The molecule has 4 nitrogen and oxygen atoms in total. The molecule has 0 radical (unpaired) electrons. The van der Waals surface area contributed by atoms with Gasteiger partial charge in [0.2, 0.25) is 0 Å². The Balaban J connectivity index is 1.81. The topological polar surface area (TPSA) is 53.6 Å². The molecule has 1 aromatic heterocycles. The molecule has 1 N–H and O–H groups in total. The molecule has 0 aliphatic carbocycles. The number of nitriles is 1. The summed E-state index contributed by atoms with van der Waals surface area (Å²) in [6.45, 7) is 3.07. The van der Waals surface area contributed by atoms with E-state index in [4.69, 9.17) is 5.26 Å². The highest BCUT2D eigenvalue weighted by Crippen LogP contribution is 2.12. The minimum absolute atomic E-state index is 0.381. The van der Waals surface area contributed by atoms with Crippen molar-refractivity contribution in [1.82, 2.24) is 9.78 Å². The van der Waals surface area contributed by atoms with Gasteiger partial charge in [-0.15, -0.1) is 0 Å². The van der Waals surface area contributed by atoms with Crippen molar-refractivity contribution < 1.29 is 0 Å². The van der Waals surface area contributed by atoms with E-state index in [1.807, 2.05) is 41.2 Å². The van der Waals surface area contributed by atoms with Gasteiger partial charge in [0.05, 0.1) is 12.5 Å². The van der Waals surface area contributed by atoms with Gasteiger partial charge in [0.15, 0.2) is 0 Å². The molecule has 2 aromatic rings. The Morgan fingerprint density at radius 1 is 1.37 bits per heavy atom. The molecule has 1 aromatic carbocycles. The van der Waals surface area contributed by atoms with Crippen LogP contribution in [-0.4, -0.2) is 15.8 Å². The van der Waals surface area contributed by atoms with Crippen LogP contribution in [0.2, 0.25) is 0 Å². The molecule has 0 aliphatic heterocycles. The maximum absolute atomic E-state index is 8.62. The number of hydrogen-bond acceptors (Lipinski definition) is 3. The smallest absolute Gasteiger partial charge is 0.0669 e. The van der Waals surface area contributed by atoms with E-state index in [1.54, 1.807) is 6.20 Å². The standard InChI is InChI=1S/C15H18N4/c1-13(8-12-19-11-2-10-17-19)18-15-5-3-14(4-6-15)7-9-16/h2-6,10-11,13,18H,7-8,12H2,1H3/t13-/m1/s1. The summed E-state index contributed by atoms with van der Waals surface area (Å²) < 4.78 is 1.94. The molecule has 98 valence electrons. The van der Waals surface area contributed by atoms with Gasteiger partial charge < -0.3 is 5.32 Å². The van der Waals surface area contributed by atoms with E-state index in [0.717, 1.165) is 24.2 Å². The number of hydrogen-bond donors (Lipinski definition) is 1. The van der Waals surface area contributed by atoms with E-state index in [2.05, 4.69) is 23.4 Å². The van der Waals surface area contributed by atoms with Crippen LogP contribution in [0.3, 0.4) is 0 Å². The first kappa shape index (κ1) is 13.2. The zero-order chi connectivity index (χ0) is 13.5. The average molecular weight is 254 g/mol. The summed E-state index contributed by atoms with van der Waals surface area (Å²) in [5, 5.41) is 16.3. The van der Waals surface area contributed by atoms with Crippen LogP contribution in [0.1, 0.15) is 18.9 Å². The lowest BCUT2D eigenvalue weighted by molar-refractivity contribution is 0.546. The molecule has 2 rings (SSSR count). The molecule has 4 heteroatoms. The first-order valence-electron chi connectivity index (χ1n) is 6.48. The second-order valence-corrected chi connectivity index (χ2v) is 4.64. The van der Waals surface area contributed by atoms with Crippen molar-refractivity contribution in [2.75, 3.05) is 5.32 Å². The summed E-state index contributed by atoms with van der Waals surface area (Å²) in [5.74, 6) is 0. The van der Waals surface area contributed by atoms with Crippen LogP contribution < -0.4 is 5.32 Å². The van der Waals surface area contributed by atoms with Gasteiger partial charge in [-0.1, -0.05) is 12.1 Å². The van der Waals surface area contributed by atoms with Crippen molar-refractivity contribution in [3.63, 3.8) is 0 Å². The van der Waals surface area contributed by atoms with E-state index in [1.165, 1.54) is 0 Å². The minimum atomic E-state index is 0.381. The molecule has 19 heavy (non-hydrogen) atoms. The Bertz CT molecular complexity index is 522. The summed E-state index contributed by atoms with van der Waals surface area (Å²) >= 11 is 0. The summed E-state index contributed by atoms with van der Waals surface area (Å²) in [6.07, 6.45) is 5.26. The van der Waals surface area contributed by atoms with Crippen molar-refractivity contribution in [3.8, 4) is 6.07 Å². The number of nitrogens with zero attached hydrogens (tertiary/aromatic N) is 3. The number of anilines is 1. The SMILES string of the molecule is C[C@H](CCn1cccn1)Nc1ccc(CC#N)cc1. The molecule has 0 fully saturated rings. The van der Waals surface area contributed by atoms with E-state index < -0.39 is 0 Å². The van der Waals surface area contributed by atoms with Gasteiger partial charge in [0, 0.05) is 30.7 Å². The van der Waals surface area contributed by atoms with Gasteiger partial charge in [0.1, 0.15) is 0 Å². The molecule has 0 amide bonds. The maximum atomic E-state index is 8.62. The summed E-state index contributed by atoms with van der Waals surface area (Å²) in [6, 6.07) is 12.5. The molecule has 0 saturated carbocycles. The van der Waals surface area contributed by atoms with E-state index >= 15 is 0 Å². The highest BCUT2D eigenvalue weighted by atomic mass is 15.3. The van der Waals surface area contributed by atoms with Crippen LogP contribution in [0, 0.1) is 11.3 Å². The van der Waals surface area contributed by atoms with Crippen molar-refractivity contribution in [2.24, 2.45) is 0 Å². The lowest BCUT2D eigenvalue weighted by Crippen LogP contribution is -2.17. The highest BCUT2D eigenvalue weighted by Gasteiger charge is 2.02. The molecule has 1 heterocycles. The fraction of sp³-hybridized carbons (Fsp3) is 0.333. The van der Waals surface area contributed by atoms with Crippen LogP contribution in [-0.2, 0) is 13.0 Å². The van der Waals surface area contributed by atoms with E-state index in [-0.39, 0.29) is 0 Å². The first-order chi connectivity index (χ1) is 9.28. The van der Waals surface area contributed by atoms with Crippen LogP contribution in [0.15, 0.2) is 42.7 Å². The van der Waals surface area contributed by atoms with Crippen molar-refractivity contribution >= 4 is 5.69 Å². The van der Waals surface area contributed by atoms with Gasteiger partial charge in [-0.2, -0.15) is 10.4 Å². The third-order valence-corrected chi connectivity index (χ3v) is 3.00. The van der Waals surface area contributed by atoms with Crippen LogP contribution in [0.25, 0.3) is 0 Å². The molecule has 0 aliphatic rings. The zero-order valence-corrected chi connectivity index (χ0v) is 11.1. The van der Waals surface area contributed by atoms with Gasteiger partial charge in [-0.05, 0) is 37.1 Å². The van der Waals surface area contributed by atoms with Gasteiger partial charge >= 0.3 is 0 Å². The Labute approximate surface area is 113 Å². The third kappa shape index (κ3) is 4.14. The fourth-order valence-electron chi connectivity index (χ4n) is 1.93. The molecular weight excluding hydrogens is 236 g/mol. The maximum Gasteiger partial charge on any atom is 0.0669 e. The lowest BCUT2D eigenvalue weighted by atomic mass is 10.1. The van der Waals surface area contributed by atoms with Crippen molar-refractivity contribution in [3.05, 3.63) is 48.3 Å². The quantitative estimate of drug-likeness (QED) is 0.862. The number of nitrogens with one attached hydrogen (secondary N) is 1. The summed E-state index contributed by atoms with van der Waals surface area (Å²) in [4.78, 5) is 0. The number of benzene rings is 1. The number of aromatic nitrogens is 2. The molecule has 1 atom stereocenters. The van der Waals surface area contributed by atoms with Crippen LogP contribution in [0.5, 0.6) is 0 Å². The van der Waals surface area contributed by atoms with Crippen LogP contribution in [0.4, 0.5) is 5.69 Å². The number of rotatable bonds is 6. The average Bonchev–Trinajstić information content (AvgIpc) is 2.92. The Morgan fingerprint density at radius 2 is 2.16 bits per heavy atom. The Morgan fingerprint density at radius 3 is 2.79 bits per heavy atom. The molecule has 0 bridgehead atoms. The van der Waals surface area contributed by atoms with E-state index in [0.29, 0.717) is 12.5 Å². The van der Waals surface area contributed by atoms with Crippen molar-refractivity contribution in [1.29, 1.82) is 5.26 Å². The summed E-state index contributed by atoms with van der Waals surface area (Å²) in [7, 11) is 0. The second-order valence-electron chi connectivity index (χ2n) is 4.64. The Hall–Kier alpha value is -2.28. The van der Waals surface area contributed by atoms with Gasteiger partial charge in [0.25, 0.3) is 0 Å². The fourth-order valence-corrected chi connectivity index (χ4v) is 1.93. The van der Waals surface area contributed by atoms with E-state index in [9.17, 15) is 0 Å². The Kier molecular flexibility index (Phi) is 4.57. The number of aryl methyl sites for hydroxylation is 1. The van der Waals surface area contributed by atoms with Crippen molar-refractivity contribution in [2.45, 2.75) is 32.4 Å². The minimum Gasteiger partial charge on any atom is -0.383 e. The summed E-state index contributed by atoms with van der Waals surface area (Å²) in [5.41, 5.74) is 2.15. The first-order valence-corrected chi connectivity index (χ1v) is 6.48. The van der Waals surface area contributed by atoms with Gasteiger partial charge in [-0.3, -0.25) is 4.68 Å². The normalized spacial score (nSPS) is 11.8. The molecule has 0 unspecified atom stereocenters. The molecular formula is C15H18N4.